The Labute approximate surface area is 104 Å². The molecule has 0 heterocycles. The standard InChI is InChI=1S/C14H23NO2/c1-3-12-4-6-13(7-5-12)8-9-15(2)10-14(17)11-16/h4-7,14,16-17H,3,8-11H2,1-2H3. The molecule has 17 heavy (non-hydrogen) atoms. The lowest BCUT2D eigenvalue weighted by atomic mass is 10.1. The van der Waals surface area contributed by atoms with Gasteiger partial charge in [0, 0.05) is 13.1 Å². The highest BCUT2D eigenvalue weighted by atomic mass is 16.3. The average Bonchev–Trinajstić information content (AvgIpc) is 2.36. The van der Waals surface area contributed by atoms with Gasteiger partial charge >= 0.3 is 0 Å². The first-order valence-corrected chi connectivity index (χ1v) is 6.21. The third-order valence-corrected chi connectivity index (χ3v) is 2.95. The maximum Gasteiger partial charge on any atom is 0.0897 e. The van der Waals surface area contributed by atoms with E-state index in [1.807, 2.05) is 11.9 Å². The van der Waals surface area contributed by atoms with E-state index in [2.05, 4.69) is 31.2 Å². The van der Waals surface area contributed by atoms with Gasteiger partial charge in [0.25, 0.3) is 0 Å². The lowest BCUT2D eigenvalue weighted by Crippen LogP contribution is -2.32. The van der Waals surface area contributed by atoms with Crippen LogP contribution in [0.1, 0.15) is 18.1 Å². The normalized spacial score (nSPS) is 13.0. The summed E-state index contributed by atoms with van der Waals surface area (Å²) in [5, 5.41) is 18.1. The first kappa shape index (κ1) is 14.2. The van der Waals surface area contributed by atoms with Crippen molar-refractivity contribution in [3.63, 3.8) is 0 Å². The van der Waals surface area contributed by atoms with Crippen molar-refractivity contribution in [2.75, 3.05) is 26.7 Å². The zero-order valence-corrected chi connectivity index (χ0v) is 10.8. The van der Waals surface area contributed by atoms with Crippen LogP contribution in [0.15, 0.2) is 24.3 Å². The summed E-state index contributed by atoms with van der Waals surface area (Å²) in [5.41, 5.74) is 2.67. The van der Waals surface area contributed by atoms with Gasteiger partial charge < -0.3 is 15.1 Å². The van der Waals surface area contributed by atoms with E-state index >= 15 is 0 Å². The molecule has 0 aliphatic heterocycles. The molecule has 1 aromatic rings. The van der Waals surface area contributed by atoms with Crippen molar-refractivity contribution in [1.82, 2.24) is 4.90 Å². The molecule has 96 valence electrons. The van der Waals surface area contributed by atoms with Gasteiger partial charge in [0.15, 0.2) is 0 Å². The number of aliphatic hydroxyl groups is 2. The Kier molecular flexibility index (Phi) is 6.19. The van der Waals surface area contributed by atoms with Gasteiger partial charge in [0.1, 0.15) is 0 Å². The topological polar surface area (TPSA) is 43.7 Å². The first-order chi connectivity index (χ1) is 8.15. The van der Waals surface area contributed by atoms with Crippen LogP contribution in [0.2, 0.25) is 0 Å². The van der Waals surface area contributed by atoms with Crippen LogP contribution in [0.25, 0.3) is 0 Å². The molecule has 2 N–H and O–H groups in total. The molecule has 3 heteroatoms. The molecule has 0 saturated carbocycles. The lowest BCUT2D eigenvalue weighted by Gasteiger charge is -2.19. The summed E-state index contributed by atoms with van der Waals surface area (Å²) < 4.78 is 0. The van der Waals surface area contributed by atoms with Crippen LogP contribution >= 0.6 is 0 Å². The number of likely N-dealkylation sites (N-methyl/N-ethyl adjacent to an activating group) is 1. The highest BCUT2D eigenvalue weighted by Crippen LogP contribution is 2.06. The number of benzene rings is 1. The second kappa shape index (κ2) is 7.43. The van der Waals surface area contributed by atoms with E-state index in [0.717, 1.165) is 19.4 Å². The molecule has 0 radical (unpaired) electrons. The summed E-state index contributed by atoms with van der Waals surface area (Å²) in [6, 6.07) is 8.65. The van der Waals surface area contributed by atoms with Gasteiger partial charge in [-0.1, -0.05) is 31.2 Å². The minimum absolute atomic E-state index is 0.171. The quantitative estimate of drug-likeness (QED) is 0.746. The van der Waals surface area contributed by atoms with E-state index in [-0.39, 0.29) is 6.61 Å². The van der Waals surface area contributed by atoms with Crippen LogP contribution in [-0.2, 0) is 12.8 Å². The van der Waals surface area contributed by atoms with Crippen molar-refractivity contribution < 1.29 is 10.2 Å². The molecular formula is C14H23NO2. The Morgan fingerprint density at radius 3 is 2.29 bits per heavy atom. The summed E-state index contributed by atoms with van der Waals surface area (Å²) in [5.74, 6) is 0. The maximum atomic E-state index is 9.30. The Morgan fingerprint density at radius 2 is 1.76 bits per heavy atom. The Morgan fingerprint density at radius 1 is 1.18 bits per heavy atom. The highest BCUT2D eigenvalue weighted by molar-refractivity contribution is 5.22. The zero-order chi connectivity index (χ0) is 12.7. The van der Waals surface area contributed by atoms with Gasteiger partial charge in [0.05, 0.1) is 12.7 Å². The average molecular weight is 237 g/mol. The van der Waals surface area contributed by atoms with Crippen LogP contribution in [0.5, 0.6) is 0 Å². The van der Waals surface area contributed by atoms with Gasteiger partial charge in [-0.2, -0.15) is 0 Å². The molecular weight excluding hydrogens is 214 g/mol. The number of hydrogen-bond acceptors (Lipinski definition) is 3. The Balaban J connectivity index is 2.34. The molecule has 1 aromatic carbocycles. The first-order valence-electron chi connectivity index (χ1n) is 6.21. The van der Waals surface area contributed by atoms with E-state index in [9.17, 15) is 5.11 Å². The number of nitrogens with zero attached hydrogens (tertiary/aromatic N) is 1. The second-order valence-electron chi connectivity index (χ2n) is 4.52. The molecule has 0 aromatic heterocycles. The van der Waals surface area contributed by atoms with E-state index in [0.29, 0.717) is 6.54 Å². The maximum absolute atomic E-state index is 9.30. The number of hydrogen-bond donors (Lipinski definition) is 2. The summed E-state index contributed by atoms with van der Waals surface area (Å²) in [6.45, 7) is 3.39. The monoisotopic (exact) mass is 237 g/mol. The molecule has 0 saturated heterocycles. The predicted molar refractivity (Wildman–Crippen MR) is 70.1 cm³/mol. The van der Waals surface area contributed by atoms with Crippen molar-refractivity contribution in [2.24, 2.45) is 0 Å². The fourth-order valence-electron chi connectivity index (χ4n) is 1.77. The smallest absolute Gasteiger partial charge is 0.0897 e. The van der Waals surface area contributed by atoms with Gasteiger partial charge in [-0.05, 0) is 31.0 Å². The van der Waals surface area contributed by atoms with Gasteiger partial charge in [0.2, 0.25) is 0 Å². The molecule has 0 spiro atoms. The predicted octanol–water partition coefficient (Wildman–Crippen LogP) is 1.08. The molecule has 0 fully saturated rings. The van der Waals surface area contributed by atoms with Crippen molar-refractivity contribution in [2.45, 2.75) is 25.9 Å². The van der Waals surface area contributed by atoms with Gasteiger partial charge in [-0.25, -0.2) is 0 Å². The van der Waals surface area contributed by atoms with Gasteiger partial charge in [-0.3, -0.25) is 0 Å². The third kappa shape index (κ3) is 5.31. The van der Waals surface area contributed by atoms with Crippen LogP contribution in [-0.4, -0.2) is 48.0 Å². The summed E-state index contributed by atoms with van der Waals surface area (Å²) >= 11 is 0. The highest BCUT2D eigenvalue weighted by Gasteiger charge is 2.06. The molecule has 0 bridgehead atoms. The fourth-order valence-corrected chi connectivity index (χ4v) is 1.77. The fraction of sp³-hybridized carbons (Fsp3) is 0.571. The minimum Gasteiger partial charge on any atom is -0.394 e. The van der Waals surface area contributed by atoms with Crippen LogP contribution in [0.4, 0.5) is 0 Å². The molecule has 1 unspecified atom stereocenters. The number of rotatable bonds is 7. The summed E-state index contributed by atoms with van der Waals surface area (Å²) in [6.07, 6.45) is 1.41. The lowest BCUT2D eigenvalue weighted by molar-refractivity contribution is 0.0669. The van der Waals surface area contributed by atoms with Crippen molar-refractivity contribution in [3.8, 4) is 0 Å². The van der Waals surface area contributed by atoms with E-state index in [1.54, 1.807) is 0 Å². The molecule has 0 amide bonds. The summed E-state index contributed by atoms with van der Waals surface area (Å²) in [7, 11) is 1.96. The van der Waals surface area contributed by atoms with E-state index in [1.165, 1.54) is 11.1 Å². The number of aryl methyl sites for hydroxylation is 1. The number of aliphatic hydroxyl groups excluding tert-OH is 2. The Hall–Kier alpha value is -0.900. The molecule has 0 aliphatic carbocycles. The molecule has 3 nitrogen and oxygen atoms in total. The largest absolute Gasteiger partial charge is 0.394 e. The van der Waals surface area contributed by atoms with Crippen molar-refractivity contribution >= 4 is 0 Å². The Bertz CT molecular complexity index is 311. The SMILES string of the molecule is CCc1ccc(CCN(C)CC(O)CO)cc1. The third-order valence-electron chi connectivity index (χ3n) is 2.95. The van der Waals surface area contributed by atoms with E-state index < -0.39 is 6.10 Å². The zero-order valence-electron chi connectivity index (χ0n) is 10.8. The molecule has 1 rings (SSSR count). The second-order valence-corrected chi connectivity index (χ2v) is 4.52. The van der Waals surface area contributed by atoms with Crippen LogP contribution < -0.4 is 0 Å². The van der Waals surface area contributed by atoms with E-state index in [4.69, 9.17) is 5.11 Å². The van der Waals surface area contributed by atoms with Gasteiger partial charge in [-0.15, -0.1) is 0 Å². The molecule has 1 atom stereocenters. The molecule has 0 aliphatic rings. The summed E-state index contributed by atoms with van der Waals surface area (Å²) in [4.78, 5) is 2.04. The van der Waals surface area contributed by atoms with Crippen molar-refractivity contribution in [1.29, 1.82) is 0 Å². The van der Waals surface area contributed by atoms with Crippen molar-refractivity contribution in [3.05, 3.63) is 35.4 Å². The van der Waals surface area contributed by atoms with Crippen LogP contribution in [0, 0.1) is 0 Å². The minimum atomic E-state index is -0.637. The van der Waals surface area contributed by atoms with Crippen LogP contribution in [0.3, 0.4) is 0 Å².